The molecule has 0 bridgehead atoms. The van der Waals surface area contributed by atoms with E-state index in [1.165, 1.54) is 16.4 Å². The topological polar surface area (TPSA) is 98.4 Å². The summed E-state index contributed by atoms with van der Waals surface area (Å²) in [5.41, 5.74) is 3.34. The molecule has 0 atom stereocenters. The van der Waals surface area contributed by atoms with Crippen molar-refractivity contribution in [3.8, 4) is 11.4 Å². The highest BCUT2D eigenvalue weighted by molar-refractivity contribution is 7.89. The average molecular weight is 476 g/mol. The number of sulfonamides is 1. The van der Waals surface area contributed by atoms with E-state index < -0.39 is 10.0 Å². The predicted octanol–water partition coefficient (Wildman–Crippen LogP) is 3.42. The fourth-order valence-electron chi connectivity index (χ4n) is 4.05. The van der Waals surface area contributed by atoms with Crippen LogP contribution in [0.1, 0.15) is 10.4 Å². The normalized spacial score (nSPS) is 15.4. The molecule has 2 N–H and O–H groups in total. The third-order valence-electron chi connectivity index (χ3n) is 6.02. The van der Waals surface area contributed by atoms with Crippen LogP contribution in [-0.4, -0.2) is 66.7 Å². The molecule has 1 fully saturated rings. The molecule has 0 radical (unpaired) electrons. The van der Waals surface area contributed by atoms with Gasteiger partial charge in [-0.2, -0.15) is 4.31 Å². The number of para-hydroxylation sites is 3. The first kappa shape index (κ1) is 22.3. The molecule has 8 nitrogen and oxygen atoms in total. The molecular weight excluding hydrogens is 450 g/mol. The maximum atomic E-state index is 13.1. The third kappa shape index (κ3) is 4.33. The Hall–Kier alpha value is -3.53. The van der Waals surface area contributed by atoms with Gasteiger partial charge in [-0.15, -0.1) is 0 Å². The smallest absolute Gasteiger partial charge is 0.255 e. The standard InChI is InChI=1S/C25H25N5O3S/c1-29-13-15-30(16-14-29)34(32,33)19-8-6-7-18(17-19)25(31)28-21-10-3-2-9-20(21)24-26-22-11-4-5-12-23(22)27-24/h2-12,17H,13-16H2,1H3,(H,26,27)(H,28,31). The molecule has 3 aromatic carbocycles. The van der Waals surface area contributed by atoms with Gasteiger partial charge in [0.1, 0.15) is 5.82 Å². The number of carbonyl (C=O) groups is 1. The number of piperazine rings is 1. The Bertz CT molecular complexity index is 1420. The number of hydrogen-bond acceptors (Lipinski definition) is 5. The van der Waals surface area contributed by atoms with Crippen LogP contribution in [-0.2, 0) is 10.0 Å². The van der Waals surface area contributed by atoms with Gasteiger partial charge >= 0.3 is 0 Å². The van der Waals surface area contributed by atoms with Crippen LogP contribution in [0.15, 0.2) is 77.7 Å². The van der Waals surface area contributed by atoms with Crippen LogP contribution in [0.4, 0.5) is 5.69 Å². The van der Waals surface area contributed by atoms with Gasteiger partial charge in [0.15, 0.2) is 0 Å². The highest BCUT2D eigenvalue weighted by Crippen LogP contribution is 2.28. The number of hydrogen-bond donors (Lipinski definition) is 2. The van der Waals surface area contributed by atoms with Gasteiger partial charge in [-0.1, -0.05) is 30.3 Å². The van der Waals surface area contributed by atoms with Gasteiger partial charge in [-0.25, -0.2) is 13.4 Å². The van der Waals surface area contributed by atoms with Crippen LogP contribution >= 0.6 is 0 Å². The van der Waals surface area contributed by atoms with Crippen molar-refractivity contribution < 1.29 is 13.2 Å². The molecule has 174 valence electrons. The van der Waals surface area contributed by atoms with Gasteiger partial charge in [0.2, 0.25) is 10.0 Å². The first-order valence-corrected chi connectivity index (χ1v) is 12.5. The summed E-state index contributed by atoms with van der Waals surface area (Å²) < 4.78 is 27.7. The van der Waals surface area contributed by atoms with E-state index in [4.69, 9.17) is 0 Å². The molecule has 0 aliphatic carbocycles. The molecular formula is C25H25N5O3S. The summed E-state index contributed by atoms with van der Waals surface area (Å²) in [6, 6.07) is 21.3. The van der Waals surface area contributed by atoms with Gasteiger partial charge < -0.3 is 15.2 Å². The lowest BCUT2D eigenvalue weighted by Gasteiger charge is -2.31. The molecule has 1 aromatic heterocycles. The third-order valence-corrected chi connectivity index (χ3v) is 7.91. The molecule has 34 heavy (non-hydrogen) atoms. The summed E-state index contributed by atoms with van der Waals surface area (Å²) in [5, 5.41) is 2.92. The highest BCUT2D eigenvalue weighted by Gasteiger charge is 2.28. The van der Waals surface area contributed by atoms with E-state index in [0.29, 0.717) is 37.7 Å². The number of fused-ring (bicyclic) bond motifs is 1. The largest absolute Gasteiger partial charge is 0.338 e. The van der Waals surface area contributed by atoms with Crippen LogP contribution in [0.5, 0.6) is 0 Å². The monoisotopic (exact) mass is 475 g/mol. The predicted molar refractivity (Wildman–Crippen MR) is 132 cm³/mol. The molecule has 1 aliphatic heterocycles. The average Bonchev–Trinajstić information content (AvgIpc) is 3.29. The fraction of sp³-hybridized carbons (Fsp3) is 0.200. The summed E-state index contributed by atoms with van der Waals surface area (Å²) in [7, 11) is -1.70. The van der Waals surface area contributed by atoms with Crippen molar-refractivity contribution in [3.63, 3.8) is 0 Å². The Kier molecular flexibility index (Phi) is 5.91. The Morgan fingerprint density at radius 2 is 1.68 bits per heavy atom. The van der Waals surface area contributed by atoms with Gasteiger partial charge in [-0.3, -0.25) is 4.79 Å². The van der Waals surface area contributed by atoms with E-state index in [1.807, 2.05) is 49.5 Å². The van der Waals surface area contributed by atoms with Crippen molar-refractivity contribution in [2.24, 2.45) is 0 Å². The Morgan fingerprint density at radius 3 is 2.47 bits per heavy atom. The molecule has 1 saturated heterocycles. The summed E-state index contributed by atoms with van der Waals surface area (Å²) in [6.07, 6.45) is 0. The van der Waals surface area contributed by atoms with Gasteiger partial charge in [0, 0.05) is 37.3 Å². The van der Waals surface area contributed by atoms with E-state index in [2.05, 4.69) is 20.2 Å². The number of likely N-dealkylation sites (N-methyl/N-ethyl adjacent to an activating group) is 1. The maximum absolute atomic E-state index is 13.1. The zero-order valence-corrected chi connectivity index (χ0v) is 19.5. The van der Waals surface area contributed by atoms with E-state index in [0.717, 1.165) is 16.6 Å². The number of aromatic amines is 1. The lowest BCUT2D eigenvalue weighted by molar-refractivity contribution is 0.102. The van der Waals surface area contributed by atoms with Crippen molar-refractivity contribution in [2.45, 2.75) is 4.90 Å². The molecule has 1 amide bonds. The molecule has 9 heteroatoms. The molecule has 5 rings (SSSR count). The minimum atomic E-state index is -3.67. The second kappa shape index (κ2) is 9.02. The maximum Gasteiger partial charge on any atom is 0.255 e. The molecule has 1 aliphatic rings. The quantitative estimate of drug-likeness (QED) is 0.461. The first-order chi connectivity index (χ1) is 16.4. The first-order valence-electron chi connectivity index (χ1n) is 11.1. The van der Waals surface area contributed by atoms with Crippen LogP contribution in [0, 0.1) is 0 Å². The summed E-state index contributed by atoms with van der Waals surface area (Å²) in [5.74, 6) is 0.252. The second-order valence-electron chi connectivity index (χ2n) is 8.34. The van der Waals surface area contributed by atoms with Crippen LogP contribution in [0.2, 0.25) is 0 Å². The van der Waals surface area contributed by atoms with E-state index in [1.54, 1.807) is 18.2 Å². The number of imidazole rings is 1. The second-order valence-corrected chi connectivity index (χ2v) is 10.3. The van der Waals surface area contributed by atoms with Crippen LogP contribution < -0.4 is 5.32 Å². The number of H-pyrrole nitrogens is 1. The van der Waals surface area contributed by atoms with Crippen molar-refractivity contribution in [1.29, 1.82) is 0 Å². The zero-order valence-electron chi connectivity index (χ0n) is 18.7. The Balaban J connectivity index is 1.41. The van der Waals surface area contributed by atoms with Crippen LogP contribution in [0.25, 0.3) is 22.4 Å². The van der Waals surface area contributed by atoms with Crippen LogP contribution in [0.3, 0.4) is 0 Å². The minimum Gasteiger partial charge on any atom is -0.338 e. The lowest BCUT2D eigenvalue weighted by atomic mass is 10.1. The number of carbonyl (C=O) groups excluding carboxylic acids is 1. The summed E-state index contributed by atoms with van der Waals surface area (Å²) >= 11 is 0. The number of rotatable bonds is 5. The van der Waals surface area contributed by atoms with Crippen molar-refractivity contribution in [1.82, 2.24) is 19.2 Å². The van der Waals surface area contributed by atoms with Crippen molar-refractivity contribution in [3.05, 3.63) is 78.4 Å². The zero-order chi connectivity index (χ0) is 23.7. The number of amides is 1. The fourth-order valence-corrected chi connectivity index (χ4v) is 5.52. The Labute approximate surface area is 198 Å². The Morgan fingerprint density at radius 1 is 0.941 bits per heavy atom. The molecule has 2 heterocycles. The van der Waals surface area contributed by atoms with Crippen molar-refractivity contribution in [2.75, 3.05) is 38.5 Å². The number of nitrogens with zero attached hydrogens (tertiary/aromatic N) is 3. The van der Waals surface area contributed by atoms with Crippen molar-refractivity contribution >= 4 is 32.7 Å². The van der Waals surface area contributed by atoms with Gasteiger partial charge in [-0.05, 0) is 49.5 Å². The number of anilines is 1. The number of aromatic nitrogens is 2. The number of nitrogens with one attached hydrogen (secondary N) is 2. The highest BCUT2D eigenvalue weighted by atomic mass is 32.2. The molecule has 0 spiro atoms. The van der Waals surface area contributed by atoms with Gasteiger partial charge in [0.25, 0.3) is 5.91 Å². The SMILES string of the molecule is CN1CCN(S(=O)(=O)c2cccc(C(=O)Nc3ccccc3-c3nc4ccccc4[nH]3)c2)CC1. The van der Waals surface area contributed by atoms with E-state index >= 15 is 0 Å². The summed E-state index contributed by atoms with van der Waals surface area (Å²) in [4.78, 5) is 23.2. The minimum absolute atomic E-state index is 0.121. The molecule has 0 saturated carbocycles. The molecule has 0 unspecified atom stereocenters. The molecule has 4 aromatic rings. The number of benzene rings is 3. The summed E-state index contributed by atoms with van der Waals surface area (Å²) in [6.45, 7) is 2.22. The van der Waals surface area contributed by atoms with Gasteiger partial charge in [0.05, 0.1) is 21.6 Å². The lowest BCUT2D eigenvalue weighted by Crippen LogP contribution is -2.47. The van der Waals surface area contributed by atoms with E-state index in [9.17, 15) is 13.2 Å². The van der Waals surface area contributed by atoms with E-state index in [-0.39, 0.29) is 16.4 Å².